The van der Waals surface area contributed by atoms with Gasteiger partial charge in [-0.3, -0.25) is 4.79 Å². The van der Waals surface area contributed by atoms with Gasteiger partial charge in [0.1, 0.15) is 5.75 Å². The first-order valence-electron chi connectivity index (χ1n) is 10.2. The molecule has 2 aromatic rings. The summed E-state index contributed by atoms with van der Waals surface area (Å²) in [7, 11) is 0. The van der Waals surface area contributed by atoms with Crippen molar-refractivity contribution >= 4 is 17.5 Å². The molecule has 7 nitrogen and oxygen atoms in total. The summed E-state index contributed by atoms with van der Waals surface area (Å²) >= 11 is 5.99. The van der Waals surface area contributed by atoms with Gasteiger partial charge >= 0.3 is 0 Å². The zero-order valence-electron chi connectivity index (χ0n) is 16.0. The van der Waals surface area contributed by atoms with Crippen LogP contribution in [-0.2, 0) is 10.2 Å². The minimum Gasteiger partial charge on any atom is -0.480 e. The summed E-state index contributed by atoms with van der Waals surface area (Å²) in [6.45, 7) is 2.19. The molecule has 7 rings (SSSR count). The number of aromatic nitrogens is 2. The molecule has 0 saturated heterocycles. The lowest BCUT2D eigenvalue weighted by atomic mass is 9.39. The molecule has 4 aliphatic carbocycles. The standard InChI is InChI=1S/C21H22ClN3O4/c1-10-4-12(10)18-24-25-19(29-18)20-7-21(8-20,9-20)23-17(27)16-6-14(26)13-5-11(22)2-3-15(13)28-16/h2-3,5,10,12,14,16,26H,4,6-9H2,1H3,(H,23,27)/t10-,12-,14?,16?,20?,21?/m1/s1. The summed E-state index contributed by atoms with van der Waals surface area (Å²) in [4.78, 5) is 12.8. The summed E-state index contributed by atoms with van der Waals surface area (Å²) in [5.41, 5.74) is 0.336. The van der Waals surface area contributed by atoms with Crippen LogP contribution in [0.25, 0.3) is 0 Å². The zero-order chi connectivity index (χ0) is 20.0. The van der Waals surface area contributed by atoms with Crippen LogP contribution in [0.15, 0.2) is 22.6 Å². The van der Waals surface area contributed by atoms with Crippen LogP contribution in [0.4, 0.5) is 0 Å². The number of hydrogen-bond donors (Lipinski definition) is 2. The summed E-state index contributed by atoms with van der Waals surface area (Å²) in [6, 6.07) is 5.07. The SMILES string of the molecule is C[C@@H]1C[C@H]1c1nnc(C23CC(NC(=O)C4CC(O)c5cc(Cl)ccc5O4)(C2)C3)o1. The molecule has 1 aromatic carbocycles. The second-order valence-electron chi connectivity index (χ2n) is 9.39. The quantitative estimate of drug-likeness (QED) is 0.796. The van der Waals surface area contributed by atoms with E-state index in [0.717, 1.165) is 37.5 Å². The maximum absolute atomic E-state index is 12.8. The zero-order valence-corrected chi connectivity index (χ0v) is 16.8. The van der Waals surface area contributed by atoms with Gasteiger partial charge in [0.05, 0.1) is 11.5 Å². The van der Waals surface area contributed by atoms with Crippen LogP contribution in [0.5, 0.6) is 5.75 Å². The molecular weight excluding hydrogens is 394 g/mol. The van der Waals surface area contributed by atoms with E-state index in [-0.39, 0.29) is 23.3 Å². The molecule has 4 atom stereocenters. The van der Waals surface area contributed by atoms with Gasteiger partial charge in [-0.25, -0.2) is 0 Å². The van der Waals surface area contributed by atoms with Gasteiger partial charge in [-0.15, -0.1) is 10.2 Å². The highest BCUT2D eigenvalue weighted by atomic mass is 35.5. The van der Waals surface area contributed by atoms with E-state index in [9.17, 15) is 9.90 Å². The van der Waals surface area contributed by atoms with Crippen molar-refractivity contribution in [2.75, 3.05) is 0 Å². The third-order valence-electron chi connectivity index (χ3n) is 7.07. The van der Waals surface area contributed by atoms with E-state index in [1.54, 1.807) is 18.2 Å². The third-order valence-corrected chi connectivity index (χ3v) is 7.30. The number of hydrogen-bond acceptors (Lipinski definition) is 6. The van der Waals surface area contributed by atoms with Gasteiger partial charge in [-0.05, 0) is 49.8 Å². The largest absolute Gasteiger partial charge is 0.480 e. The molecule has 152 valence electrons. The number of fused-ring (bicyclic) bond motifs is 1. The number of rotatable bonds is 4. The Balaban J connectivity index is 1.10. The Labute approximate surface area is 172 Å². The molecule has 5 aliphatic rings. The molecule has 29 heavy (non-hydrogen) atoms. The lowest BCUT2D eigenvalue weighted by Gasteiger charge is -2.68. The van der Waals surface area contributed by atoms with Crippen LogP contribution >= 0.6 is 11.6 Å². The Morgan fingerprint density at radius 2 is 2.03 bits per heavy atom. The second-order valence-corrected chi connectivity index (χ2v) is 9.82. The van der Waals surface area contributed by atoms with Gasteiger partial charge in [0.25, 0.3) is 5.91 Å². The normalized spacial score (nSPS) is 38.9. The first-order valence-corrected chi connectivity index (χ1v) is 10.5. The van der Waals surface area contributed by atoms with Crippen LogP contribution in [0.3, 0.4) is 0 Å². The van der Waals surface area contributed by atoms with E-state index in [0.29, 0.717) is 28.2 Å². The predicted octanol–water partition coefficient (Wildman–Crippen LogP) is 3.02. The minimum atomic E-state index is -0.769. The van der Waals surface area contributed by atoms with Gasteiger partial charge in [-0.1, -0.05) is 18.5 Å². The Morgan fingerprint density at radius 1 is 1.28 bits per heavy atom. The molecule has 0 spiro atoms. The maximum Gasteiger partial charge on any atom is 0.261 e. The number of aliphatic hydroxyl groups excluding tert-OH is 1. The molecule has 2 N–H and O–H groups in total. The number of amides is 1. The molecular formula is C21H22ClN3O4. The van der Waals surface area contributed by atoms with Crippen LogP contribution in [0.1, 0.15) is 68.4 Å². The highest BCUT2D eigenvalue weighted by Crippen LogP contribution is 2.67. The second kappa shape index (κ2) is 5.73. The molecule has 0 radical (unpaired) electrons. The van der Waals surface area contributed by atoms with Crippen LogP contribution in [0.2, 0.25) is 5.02 Å². The van der Waals surface area contributed by atoms with E-state index >= 15 is 0 Å². The molecule has 1 amide bonds. The monoisotopic (exact) mass is 415 g/mol. The fourth-order valence-corrected chi connectivity index (χ4v) is 5.51. The van der Waals surface area contributed by atoms with Crippen LogP contribution < -0.4 is 10.1 Å². The highest BCUT2D eigenvalue weighted by Gasteiger charge is 2.72. The van der Waals surface area contributed by atoms with Crippen LogP contribution in [0, 0.1) is 5.92 Å². The lowest BCUT2D eigenvalue weighted by Crippen LogP contribution is -2.77. The van der Waals surface area contributed by atoms with Crippen molar-refractivity contribution in [3.63, 3.8) is 0 Å². The van der Waals surface area contributed by atoms with Crippen molar-refractivity contribution in [3.05, 3.63) is 40.6 Å². The average molecular weight is 416 g/mol. The molecule has 4 saturated carbocycles. The molecule has 2 bridgehead atoms. The predicted molar refractivity (Wildman–Crippen MR) is 103 cm³/mol. The van der Waals surface area contributed by atoms with E-state index in [2.05, 4.69) is 22.4 Å². The van der Waals surface area contributed by atoms with E-state index < -0.39 is 12.2 Å². The summed E-state index contributed by atoms with van der Waals surface area (Å²) in [5.74, 6) is 2.86. The Morgan fingerprint density at radius 3 is 2.76 bits per heavy atom. The maximum atomic E-state index is 12.8. The summed E-state index contributed by atoms with van der Waals surface area (Å²) in [6.07, 6.45) is 2.30. The summed E-state index contributed by atoms with van der Waals surface area (Å²) < 4.78 is 11.8. The lowest BCUT2D eigenvalue weighted by molar-refractivity contribution is -0.149. The van der Waals surface area contributed by atoms with Crippen molar-refractivity contribution in [3.8, 4) is 5.75 Å². The summed E-state index contributed by atoms with van der Waals surface area (Å²) in [5, 5.41) is 22.6. The minimum absolute atomic E-state index is 0.0764. The fourth-order valence-electron chi connectivity index (χ4n) is 5.33. The Kier molecular flexibility index (Phi) is 3.50. The molecule has 4 fully saturated rings. The van der Waals surface area contributed by atoms with Crippen molar-refractivity contribution in [2.24, 2.45) is 5.92 Å². The number of aliphatic hydroxyl groups is 1. The molecule has 2 heterocycles. The van der Waals surface area contributed by atoms with Crippen molar-refractivity contribution in [2.45, 2.75) is 68.1 Å². The molecule has 2 unspecified atom stereocenters. The first kappa shape index (κ1) is 17.7. The Hall–Kier alpha value is -2.12. The number of nitrogens with zero attached hydrogens (tertiary/aromatic N) is 2. The van der Waals surface area contributed by atoms with Gasteiger partial charge in [0.15, 0.2) is 6.10 Å². The van der Waals surface area contributed by atoms with E-state index in [4.69, 9.17) is 20.8 Å². The van der Waals surface area contributed by atoms with Crippen molar-refractivity contribution in [1.82, 2.24) is 15.5 Å². The number of nitrogens with one attached hydrogen (secondary N) is 1. The van der Waals surface area contributed by atoms with Crippen molar-refractivity contribution in [1.29, 1.82) is 0 Å². The topological polar surface area (TPSA) is 97.5 Å². The first-order chi connectivity index (χ1) is 13.9. The average Bonchev–Trinajstić information content (AvgIpc) is 3.16. The fraction of sp³-hybridized carbons (Fsp3) is 0.571. The third kappa shape index (κ3) is 2.63. The molecule has 8 heteroatoms. The van der Waals surface area contributed by atoms with Crippen LogP contribution in [-0.4, -0.2) is 32.9 Å². The van der Waals surface area contributed by atoms with Crippen molar-refractivity contribution < 1.29 is 19.1 Å². The van der Waals surface area contributed by atoms with Gasteiger partial charge in [0.2, 0.25) is 11.8 Å². The number of ether oxygens (including phenoxy) is 1. The van der Waals surface area contributed by atoms with Gasteiger partial charge in [-0.2, -0.15) is 0 Å². The smallest absolute Gasteiger partial charge is 0.261 e. The number of carbonyl (C=O) groups is 1. The molecule has 1 aliphatic heterocycles. The highest BCUT2D eigenvalue weighted by molar-refractivity contribution is 6.30. The number of benzene rings is 1. The Bertz CT molecular complexity index is 1000. The van der Waals surface area contributed by atoms with E-state index in [1.807, 2.05) is 0 Å². The number of halogens is 1. The molecule has 1 aromatic heterocycles. The van der Waals surface area contributed by atoms with Gasteiger partial charge < -0.3 is 19.6 Å². The van der Waals surface area contributed by atoms with E-state index in [1.165, 1.54) is 0 Å². The number of carbonyl (C=O) groups excluding carboxylic acids is 1. The van der Waals surface area contributed by atoms with Gasteiger partial charge in [0, 0.05) is 28.5 Å².